The summed E-state index contributed by atoms with van der Waals surface area (Å²) in [6.45, 7) is 1.51. The molecule has 3 fully saturated rings. The first-order chi connectivity index (χ1) is 22.0. The van der Waals surface area contributed by atoms with Crippen LogP contribution in [-0.4, -0.2) is 115 Å². The Bertz CT molecular complexity index is 1400. The predicted molar refractivity (Wildman–Crippen MR) is 164 cm³/mol. The average molecular weight is 682 g/mol. The molecule has 0 bridgehead atoms. The Balaban J connectivity index is 0.961. The van der Waals surface area contributed by atoms with E-state index >= 15 is 0 Å². The summed E-state index contributed by atoms with van der Waals surface area (Å²) in [4.78, 5) is 30.7. The monoisotopic (exact) mass is 680 g/mol. The molecule has 1 aromatic carbocycles. The van der Waals surface area contributed by atoms with Gasteiger partial charge in [-0.3, -0.25) is 24.7 Å². The van der Waals surface area contributed by atoms with Crippen LogP contribution in [0.15, 0.2) is 54.0 Å². The molecular weight excluding hydrogens is 643 g/mol. The van der Waals surface area contributed by atoms with Crippen LogP contribution in [0.1, 0.15) is 25.7 Å². The van der Waals surface area contributed by atoms with Gasteiger partial charge in [-0.15, -0.1) is 0 Å². The third kappa shape index (κ3) is 6.99. The topological polar surface area (TPSA) is 176 Å². The summed E-state index contributed by atoms with van der Waals surface area (Å²) in [6, 6.07) is 3.94. The number of ether oxygens (including phenoxy) is 2. The summed E-state index contributed by atoms with van der Waals surface area (Å²) in [5.41, 5.74) is 0. The van der Waals surface area contributed by atoms with Crippen LogP contribution in [0.4, 0.5) is 0 Å². The molecule has 3 saturated heterocycles. The molecule has 250 valence electrons. The molecule has 2 amide bonds. The number of allylic oxidation sites excluding steroid dienone is 1. The molecule has 8 atom stereocenters. The summed E-state index contributed by atoms with van der Waals surface area (Å²) in [7, 11) is 0. The molecule has 0 spiro atoms. The van der Waals surface area contributed by atoms with Gasteiger partial charge in [0.25, 0.3) is 0 Å². The maximum Gasteiger partial charge on any atom is 0.237 e. The van der Waals surface area contributed by atoms with Crippen LogP contribution in [0.2, 0.25) is 10.0 Å². The minimum absolute atomic E-state index is 0.0467. The van der Waals surface area contributed by atoms with E-state index in [-0.39, 0.29) is 24.7 Å². The lowest BCUT2D eigenvalue weighted by atomic mass is 9.90. The number of aliphatic hydroxyl groups excluding tert-OH is 5. The van der Waals surface area contributed by atoms with Gasteiger partial charge in [0.05, 0.1) is 17.9 Å². The molecule has 0 aromatic heterocycles. The van der Waals surface area contributed by atoms with Gasteiger partial charge in [-0.2, -0.15) is 0 Å². The normalized spacial score (nSPS) is 33.2. The summed E-state index contributed by atoms with van der Waals surface area (Å²) in [5, 5.41) is 55.7. The second kappa shape index (κ2) is 13.9. The van der Waals surface area contributed by atoms with Crippen molar-refractivity contribution in [3.63, 3.8) is 0 Å². The lowest BCUT2D eigenvalue weighted by Crippen LogP contribution is -2.58. The van der Waals surface area contributed by atoms with Crippen LogP contribution >= 0.6 is 23.2 Å². The van der Waals surface area contributed by atoms with Gasteiger partial charge in [-0.05, 0) is 62.0 Å². The van der Waals surface area contributed by atoms with Crippen molar-refractivity contribution < 1.29 is 44.6 Å². The molecule has 4 heterocycles. The minimum atomic E-state index is -1.21. The van der Waals surface area contributed by atoms with Crippen LogP contribution in [0, 0.1) is 17.8 Å². The van der Waals surface area contributed by atoms with Crippen molar-refractivity contribution in [1.82, 2.24) is 20.0 Å². The molecular formula is C31H38Cl2N4O9. The Morgan fingerprint density at radius 3 is 2.33 bits per heavy atom. The van der Waals surface area contributed by atoms with Gasteiger partial charge in [-0.25, -0.2) is 4.90 Å². The van der Waals surface area contributed by atoms with Crippen molar-refractivity contribution in [2.24, 2.45) is 17.8 Å². The fraction of sp³-hybridized carbons (Fsp3) is 0.548. The van der Waals surface area contributed by atoms with Gasteiger partial charge < -0.3 is 35.0 Å². The average Bonchev–Trinajstić information content (AvgIpc) is 3.41. The van der Waals surface area contributed by atoms with E-state index in [4.69, 9.17) is 32.7 Å². The molecule has 46 heavy (non-hydrogen) atoms. The number of likely N-dealkylation sites (tertiary alicyclic amines) is 2. The van der Waals surface area contributed by atoms with Crippen molar-refractivity contribution in [1.29, 1.82) is 0 Å². The number of hydrogen-bond acceptors (Lipinski definition) is 12. The van der Waals surface area contributed by atoms with Gasteiger partial charge in [0.1, 0.15) is 48.8 Å². The highest BCUT2D eigenvalue weighted by atomic mass is 35.5. The smallest absolute Gasteiger partial charge is 0.237 e. The Labute approximate surface area is 275 Å². The molecule has 5 aliphatic rings. The van der Waals surface area contributed by atoms with Gasteiger partial charge in [0.15, 0.2) is 6.23 Å². The number of carbonyl (C=O) groups is 2. The summed E-state index contributed by atoms with van der Waals surface area (Å²) in [6.07, 6.45) is 3.10. The molecule has 0 radical (unpaired) electrons. The fourth-order valence-electron chi connectivity index (χ4n) is 6.78. The summed E-state index contributed by atoms with van der Waals surface area (Å²) >= 11 is 12.1. The first-order valence-corrected chi connectivity index (χ1v) is 16.2. The third-order valence-electron chi connectivity index (χ3n) is 9.27. The third-order valence-corrected chi connectivity index (χ3v) is 9.71. The number of nitrogens with zero attached hydrogens (tertiary/aromatic N) is 3. The first kappa shape index (κ1) is 33.3. The number of halogens is 2. The Hall–Kier alpha value is -2.56. The van der Waals surface area contributed by atoms with Crippen molar-refractivity contribution in [3.8, 4) is 5.75 Å². The Kier molecular flexibility index (Phi) is 10.1. The number of hydrogen-bond donors (Lipinski definition) is 6. The van der Waals surface area contributed by atoms with Crippen LogP contribution in [0.25, 0.3) is 0 Å². The van der Waals surface area contributed by atoms with E-state index in [1.165, 1.54) is 6.08 Å². The SMILES string of the molecule is O=C1C2C=CC(OCC(O)N3CCC(CN4C(O)C=C(Oc5cc(Cl)cc(Cl)c5)C4O)CC3)=CC2C(=O)N1C1CCC(O)NC1O. The second-order valence-electron chi connectivity index (χ2n) is 12.3. The number of imide groups is 1. The maximum atomic E-state index is 13.2. The molecule has 13 nitrogen and oxygen atoms in total. The van der Waals surface area contributed by atoms with E-state index in [0.29, 0.717) is 60.5 Å². The predicted octanol–water partition coefficient (Wildman–Crippen LogP) is 0.699. The van der Waals surface area contributed by atoms with Crippen molar-refractivity contribution in [2.75, 3.05) is 26.2 Å². The highest BCUT2D eigenvalue weighted by molar-refractivity contribution is 6.34. The number of carbonyl (C=O) groups excluding carboxylic acids is 2. The van der Waals surface area contributed by atoms with Crippen molar-refractivity contribution in [3.05, 3.63) is 64.1 Å². The van der Waals surface area contributed by atoms with Crippen molar-refractivity contribution in [2.45, 2.75) is 62.9 Å². The van der Waals surface area contributed by atoms with Crippen molar-refractivity contribution >= 4 is 35.0 Å². The number of rotatable bonds is 9. The number of aliphatic hydroxyl groups is 5. The van der Waals surface area contributed by atoms with Crippen LogP contribution in [0.3, 0.4) is 0 Å². The molecule has 6 N–H and O–H groups in total. The van der Waals surface area contributed by atoms with Crippen LogP contribution < -0.4 is 10.1 Å². The molecule has 1 aromatic rings. The summed E-state index contributed by atoms with van der Waals surface area (Å²) in [5.74, 6) is -1.22. The van der Waals surface area contributed by atoms with E-state index in [1.54, 1.807) is 41.3 Å². The number of benzene rings is 1. The van der Waals surface area contributed by atoms with Gasteiger partial charge in [-0.1, -0.05) is 29.3 Å². The van der Waals surface area contributed by atoms with Crippen LogP contribution in [-0.2, 0) is 14.3 Å². The highest BCUT2D eigenvalue weighted by Gasteiger charge is 2.51. The molecule has 15 heteroatoms. The summed E-state index contributed by atoms with van der Waals surface area (Å²) < 4.78 is 11.6. The quantitative estimate of drug-likeness (QED) is 0.202. The lowest BCUT2D eigenvalue weighted by molar-refractivity contribution is -0.149. The minimum Gasteiger partial charge on any atom is -0.490 e. The molecule has 6 rings (SSSR count). The number of amides is 2. The highest BCUT2D eigenvalue weighted by Crippen LogP contribution is 2.37. The molecule has 4 aliphatic heterocycles. The lowest BCUT2D eigenvalue weighted by Gasteiger charge is -2.37. The van der Waals surface area contributed by atoms with Gasteiger partial charge in [0, 0.05) is 35.8 Å². The molecule has 8 unspecified atom stereocenters. The van der Waals surface area contributed by atoms with Crippen LogP contribution in [0.5, 0.6) is 5.75 Å². The number of nitrogens with one attached hydrogen (secondary N) is 1. The van der Waals surface area contributed by atoms with E-state index in [9.17, 15) is 35.1 Å². The fourth-order valence-corrected chi connectivity index (χ4v) is 7.29. The first-order valence-electron chi connectivity index (χ1n) is 15.4. The standard InChI is InChI=1S/C31H38Cl2N4O9/c32-17-9-18(33)11-20(10-17)46-24-13-26(39)36(31(24)44)14-16-5-7-35(8-6-16)27(40)15-45-19-1-2-21-22(12-19)30(43)37(29(21)42)23-3-4-25(38)34-28(23)41/h1-2,9-13,16,21-23,25-28,31,34,38-41,44H,3-8,14-15H2. The molecule has 0 saturated carbocycles. The zero-order valence-corrected chi connectivity index (χ0v) is 26.4. The van der Waals surface area contributed by atoms with E-state index in [2.05, 4.69) is 5.32 Å². The second-order valence-corrected chi connectivity index (χ2v) is 13.2. The van der Waals surface area contributed by atoms with Gasteiger partial charge >= 0.3 is 0 Å². The number of fused-ring (bicyclic) bond motifs is 1. The zero-order chi connectivity index (χ0) is 32.7. The Morgan fingerprint density at radius 2 is 1.63 bits per heavy atom. The van der Waals surface area contributed by atoms with Gasteiger partial charge in [0.2, 0.25) is 11.8 Å². The Morgan fingerprint density at radius 1 is 0.935 bits per heavy atom. The zero-order valence-electron chi connectivity index (χ0n) is 24.9. The number of piperidine rings is 2. The largest absolute Gasteiger partial charge is 0.490 e. The van der Waals surface area contributed by atoms with E-state index in [1.807, 2.05) is 4.90 Å². The van der Waals surface area contributed by atoms with E-state index < -0.39 is 60.8 Å². The maximum absolute atomic E-state index is 13.2. The molecule has 1 aliphatic carbocycles. The van der Waals surface area contributed by atoms with E-state index in [0.717, 1.165) is 4.90 Å².